The lowest BCUT2D eigenvalue weighted by Crippen LogP contribution is -2.29. The van der Waals surface area contributed by atoms with Crippen LogP contribution in [-0.2, 0) is 14.8 Å². The quantitative estimate of drug-likeness (QED) is 0.727. The topological polar surface area (TPSA) is 109 Å². The van der Waals surface area contributed by atoms with Gasteiger partial charge in [-0.3, -0.25) is 0 Å². The molecule has 0 saturated heterocycles. The van der Waals surface area contributed by atoms with Crippen molar-refractivity contribution in [3.8, 4) is 0 Å². The van der Waals surface area contributed by atoms with Gasteiger partial charge >= 0.3 is 5.97 Å². The third-order valence-electron chi connectivity index (χ3n) is 2.47. The number of aliphatic carboxylic acids is 1. The third kappa shape index (κ3) is 4.18. The van der Waals surface area contributed by atoms with Gasteiger partial charge in [-0.05, 0) is 24.6 Å². The molecular formula is C11H15FN2O4S. The molecule has 1 unspecified atom stereocenters. The van der Waals surface area contributed by atoms with E-state index in [0.717, 1.165) is 18.2 Å². The maximum atomic E-state index is 13.7. The number of nitrogens with two attached hydrogens (primary N) is 1. The number of halogens is 1. The largest absolute Gasteiger partial charge is 0.480 e. The van der Waals surface area contributed by atoms with E-state index in [9.17, 15) is 17.6 Å². The fraction of sp³-hybridized carbons (Fsp3) is 0.364. The average Bonchev–Trinajstić information content (AvgIpc) is 2.29. The first-order valence-electron chi connectivity index (χ1n) is 5.57. The number of benzene rings is 1. The molecule has 0 amide bonds. The van der Waals surface area contributed by atoms with Crippen molar-refractivity contribution in [3.05, 3.63) is 24.0 Å². The summed E-state index contributed by atoms with van der Waals surface area (Å²) >= 11 is 0. The molecule has 1 aromatic carbocycles. The molecule has 0 aliphatic heterocycles. The fourth-order valence-corrected chi connectivity index (χ4v) is 2.05. The second-order valence-electron chi connectivity index (χ2n) is 4.01. The normalized spacial score (nSPS) is 13.0. The second kappa shape index (κ2) is 5.98. The van der Waals surface area contributed by atoms with Crippen molar-refractivity contribution < 1.29 is 22.7 Å². The Balaban J connectivity index is 3.00. The monoisotopic (exact) mass is 290 g/mol. The summed E-state index contributed by atoms with van der Waals surface area (Å²) in [4.78, 5) is 10.6. The van der Waals surface area contributed by atoms with Crippen LogP contribution in [0, 0.1) is 5.82 Å². The molecule has 1 rings (SSSR count). The molecule has 4 N–H and O–H groups in total. The predicted molar refractivity (Wildman–Crippen MR) is 67.7 cm³/mol. The first-order valence-corrected chi connectivity index (χ1v) is 7.12. The van der Waals surface area contributed by atoms with Crippen molar-refractivity contribution in [2.24, 2.45) is 5.14 Å². The van der Waals surface area contributed by atoms with Gasteiger partial charge in [-0.15, -0.1) is 0 Å². The lowest BCUT2D eigenvalue weighted by molar-refractivity contribution is -0.138. The summed E-state index contributed by atoms with van der Waals surface area (Å²) in [6, 6.07) is 2.09. The summed E-state index contributed by atoms with van der Waals surface area (Å²) in [5, 5.41) is 16.3. The minimum Gasteiger partial charge on any atom is -0.480 e. The lowest BCUT2D eigenvalue weighted by Gasteiger charge is -2.15. The van der Waals surface area contributed by atoms with Gasteiger partial charge in [0.1, 0.15) is 11.9 Å². The maximum absolute atomic E-state index is 13.7. The van der Waals surface area contributed by atoms with Crippen molar-refractivity contribution in [3.63, 3.8) is 0 Å². The summed E-state index contributed by atoms with van der Waals surface area (Å²) in [6.45, 7) is 1.80. The van der Waals surface area contributed by atoms with Gasteiger partial charge in [0.2, 0.25) is 10.0 Å². The molecule has 0 spiro atoms. The molecule has 19 heavy (non-hydrogen) atoms. The molecule has 6 nitrogen and oxygen atoms in total. The van der Waals surface area contributed by atoms with Crippen LogP contribution in [0.2, 0.25) is 0 Å². The molecule has 106 valence electrons. The number of rotatable bonds is 6. The Morgan fingerprint density at radius 3 is 2.58 bits per heavy atom. The Labute approximate surface area is 110 Å². The molecule has 0 aliphatic rings. The standard InChI is InChI=1S/C11H15FN2O4S/c1-2-3-10(11(15)16)14-9-5-4-7(6-8(9)12)19(13,17)18/h4-6,10,14H,2-3H2,1H3,(H,15,16)(H2,13,17,18). The average molecular weight is 290 g/mol. The zero-order chi connectivity index (χ0) is 14.6. The van der Waals surface area contributed by atoms with Gasteiger partial charge in [-0.2, -0.15) is 0 Å². The van der Waals surface area contributed by atoms with Gasteiger partial charge < -0.3 is 10.4 Å². The molecule has 0 aromatic heterocycles. The number of carboxylic acids is 1. The van der Waals surface area contributed by atoms with Crippen molar-refractivity contribution in [2.75, 3.05) is 5.32 Å². The molecule has 0 radical (unpaired) electrons. The van der Waals surface area contributed by atoms with Crippen LogP contribution in [0.3, 0.4) is 0 Å². The molecule has 1 atom stereocenters. The van der Waals surface area contributed by atoms with E-state index >= 15 is 0 Å². The Morgan fingerprint density at radius 2 is 2.16 bits per heavy atom. The zero-order valence-electron chi connectivity index (χ0n) is 10.3. The molecular weight excluding hydrogens is 275 g/mol. The molecule has 0 heterocycles. The van der Waals surface area contributed by atoms with Crippen LogP contribution in [-0.4, -0.2) is 25.5 Å². The summed E-state index contributed by atoms with van der Waals surface area (Å²) < 4.78 is 35.7. The lowest BCUT2D eigenvalue weighted by atomic mass is 10.1. The molecule has 8 heteroatoms. The highest BCUT2D eigenvalue weighted by Gasteiger charge is 2.18. The number of hydrogen-bond donors (Lipinski definition) is 3. The van der Waals surface area contributed by atoms with Gasteiger partial charge in [-0.25, -0.2) is 22.7 Å². The van der Waals surface area contributed by atoms with Crippen LogP contribution < -0.4 is 10.5 Å². The van der Waals surface area contributed by atoms with Crippen LogP contribution in [0.25, 0.3) is 0 Å². The van der Waals surface area contributed by atoms with Crippen molar-refractivity contribution >= 4 is 21.7 Å². The van der Waals surface area contributed by atoms with Gasteiger partial charge in [0.15, 0.2) is 0 Å². The number of sulfonamides is 1. The SMILES string of the molecule is CCCC(Nc1ccc(S(N)(=O)=O)cc1F)C(=O)O. The van der Waals surface area contributed by atoms with E-state index in [1.54, 1.807) is 6.92 Å². The van der Waals surface area contributed by atoms with Gasteiger partial charge in [0, 0.05) is 0 Å². The highest BCUT2D eigenvalue weighted by molar-refractivity contribution is 7.89. The van der Waals surface area contributed by atoms with E-state index in [1.165, 1.54) is 0 Å². The summed E-state index contributed by atoms with van der Waals surface area (Å²) in [5.74, 6) is -1.97. The number of primary sulfonamides is 1. The number of anilines is 1. The van der Waals surface area contributed by atoms with Crippen LogP contribution in [0.5, 0.6) is 0 Å². The highest BCUT2D eigenvalue weighted by atomic mass is 32.2. The van der Waals surface area contributed by atoms with Gasteiger partial charge in [-0.1, -0.05) is 13.3 Å². The molecule has 0 aliphatic carbocycles. The number of carbonyl (C=O) groups is 1. The summed E-state index contributed by atoms with van der Waals surface area (Å²) in [7, 11) is -3.98. The zero-order valence-corrected chi connectivity index (χ0v) is 11.1. The van der Waals surface area contributed by atoms with Crippen LogP contribution in [0.1, 0.15) is 19.8 Å². The second-order valence-corrected chi connectivity index (χ2v) is 5.57. The Morgan fingerprint density at radius 1 is 1.53 bits per heavy atom. The molecule has 0 bridgehead atoms. The molecule has 0 saturated carbocycles. The van der Waals surface area contributed by atoms with Crippen molar-refractivity contribution in [1.82, 2.24) is 0 Å². The molecule has 0 fully saturated rings. The Kier molecular flexibility index (Phi) is 4.84. The fourth-order valence-electron chi connectivity index (χ4n) is 1.52. The number of carboxylic acid groups (broad SMARTS) is 1. The minimum atomic E-state index is -3.98. The predicted octanol–water partition coefficient (Wildman–Crippen LogP) is 1.14. The van der Waals surface area contributed by atoms with Crippen molar-refractivity contribution in [1.29, 1.82) is 0 Å². The molecule has 1 aromatic rings. The third-order valence-corrected chi connectivity index (χ3v) is 3.39. The van der Waals surface area contributed by atoms with Gasteiger partial charge in [0.25, 0.3) is 0 Å². The van der Waals surface area contributed by atoms with E-state index in [4.69, 9.17) is 10.2 Å². The van der Waals surface area contributed by atoms with E-state index in [2.05, 4.69) is 5.32 Å². The Hall–Kier alpha value is -1.67. The van der Waals surface area contributed by atoms with Crippen LogP contribution in [0.15, 0.2) is 23.1 Å². The number of nitrogens with one attached hydrogen (secondary N) is 1. The summed E-state index contributed by atoms with van der Waals surface area (Å²) in [6.07, 6.45) is 0.937. The first-order chi connectivity index (χ1) is 8.75. The highest BCUT2D eigenvalue weighted by Crippen LogP contribution is 2.19. The van der Waals surface area contributed by atoms with Gasteiger partial charge in [0.05, 0.1) is 10.6 Å². The van der Waals surface area contributed by atoms with E-state index in [-0.39, 0.29) is 10.6 Å². The summed E-state index contributed by atoms with van der Waals surface area (Å²) in [5.41, 5.74) is -0.0757. The van der Waals surface area contributed by atoms with Crippen LogP contribution >= 0.6 is 0 Å². The first kappa shape index (κ1) is 15.4. The maximum Gasteiger partial charge on any atom is 0.326 e. The van der Waals surface area contributed by atoms with Crippen molar-refractivity contribution in [2.45, 2.75) is 30.7 Å². The van der Waals surface area contributed by atoms with E-state index < -0.39 is 27.9 Å². The Bertz CT molecular complexity index is 574. The minimum absolute atomic E-state index is 0.0757. The number of hydrogen-bond acceptors (Lipinski definition) is 4. The van der Waals surface area contributed by atoms with E-state index in [0.29, 0.717) is 12.8 Å². The smallest absolute Gasteiger partial charge is 0.326 e. The van der Waals surface area contributed by atoms with E-state index in [1.807, 2.05) is 0 Å². The van der Waals surface area contributed by atoms with Crippen LogP contribution in [0.4, 0.5) is 10.1 Å².